The highest BCUT2D eigenvalue weighted by atomic mass is 19.4. The van der Waals surface area contributed by atoms with Gasteiger partial charge in [-0.1, -0.05) is 0 Å². The Hall–Kier alpha value is -1.28. The van der Waals surface area contributed by atoms with Gasteiger partial charge in [0.25, 0.3) is 0 Å². The second kappa shape index (κ2) is 5.17. The van der Waals surface area contributed by atoms with Crippen LogP contribution in [0, 0.1) is 0 Å². The van der Waals surface area contributed by atoms with Crippen molar-refractivity contribution in [3.8, 4) is 0 Å². The predicted octanol–water partition coefficient (Wildman–Crippen LogP) is 3.60. The fourth-order valence-electron chi connectivity index (χ4n) is 2.53. The summed E-state index contributed by atoms with van der Waals surface area (Å²) in [5.74, 6) is 0. The molecule has 0 amide bonds. The van der Waals surface area contributed by atoms with Gasteiger partial charge in [0.15, 0.2) is 0 Å². The van der Waals surface area contributed by atoms with Crippen LogP contribution in [-0.2, 0) is 12.4 Å². The monoisotopic (exact) mass is 312 g/mol. The van der Waals surface area contributed by atoms with Crippen molar-refractivity contribution in [2.45, 2.75) is 18.5 Å². The van der Waals surface area contributed by atoms with Crippen LogP contribution in [-0.4, -0.2) is 37.0 Å². The van der Waals surface area contributed by atoms with Crippen molar-refractivity contribution < 1.29 is 26.3 Å². The van der Waals surface area contributed by atoms with Gasteiger partial charge in [0.05, 0.1) is 17.3 Å². The van der Waals surface area contributed by atoms with Crippen molar-refractivity contribution in [1.29, 1.82) is 0 Å². The van der Waals surface area contributed by atoms with E-state index in [-0.39, 0.29) is 11.6 Å². The van der Waals surface area contributed by atoms with Crippen LogP contribution in [0.5, 0.6) is 0 Å². The van der Waals surface area contributed by atoms with E-state index in [1.165, 1.54) is 0 Å². The number of rotatable bonds is 1. The molecule has 0 radical (unpaired) electrons. The molecular weight excluding hydrogens is 298 g/mol. The Morgan fingerprint density at radius 1 is 0.810 bits per heavy atom. The van der Waals surface area contributed by atoms with E-state index in [2.05, 4.69) is 0 Å². The summed E-state index contributed by atoms with van der Waals surface area (Å²) in [4.78, 5) is 3.44. The minimum Gasteiger partial charge on any atom is -0.286 e. The lowest BCUT2D eigenvalue weighted by Gasteiger charge is -2.27. The third-order valence-corrected chi connectivity index (χ3v) is 3.55. The Balaban J connectivity index is 2.55. The maximum atomic E-state index is 12.8. The molecule has 8 heteroatoms. The summed E-state index contributed by atoms with van der Waals surface area (Å²) in [6.45, 7) is 1.16. The number of likely N-dealkylation sites (N-methyl/N-ethyl adjacent to an activating group) is 2. The molecule has 1 aromatic rings. The summed E-state index contributed by atoms with van der Waals surface area (Å²) in [6, 6.07) is 1.73. The maximum absolute atomic E-state index is 12.8. The molecule has 1 aliphatic heterocycles. The van der Waals surface area contributed by atoms with Gasteiger partial charge < -0.3 is 0 Å². The van der Waals surface area contributed by atoms with E-state index in [0.717, 1.165) is 12.1 Å². The van der Waals surface area contributed by atoms with Gasteiger partial charge >= 0.3 is 12.4 Å². The molecule has 1 heterocycles. The highest BCUT2D eigenvalue weighted by molar-refractivity contribution is 5.35. The lowest BCUT2D eigenvalue weighted by Crippen LogP contribution is -2.26. The van der Waals surface area contributed by atoms with E-state index in [9.17, 15) is 26.3 Å². The summed E-state index contributed by atoms with van der Waals surface area (Å²) in [5.41, 5.74) is -2.55. The molecule has 1 aromatic carbocycles. The number of hydrogen-bond donors (Lipinski definition) is 0. The minimum atomic E-state index is -4.81. The summed E-state index contributed by atoms with van der Waals surface area (Å²) < 4.78 is 76.9. The molecule has 0 spiro atoms. The molecule has 1 saturated heterocycles. The normalized spacial score (nSPS) is 19.4. The van der Waals surface area contributed by atoms with Crippen LogP contribution in [0.3, 0.4) is 0 Å². The van der Waals surface area contributed by atoms with Gasteiger partial charge in [-0.3, -0.25) is 9.80 Å². The average molecular weight is 312 g/mol. The van der Waals surface area contributed by atoms with Gasteiger partial charge in [0, 0.05) is 13.1 Å². The standard InChI is InChI=1S/C13H14F6N2/c1-20-3-4-21(2)11(20)8-5-9(12(14,15)16)7-10(6-8)13(17,18)19/h5-7,11H,3-4H2,1-2H3. The summed E-state index contributed by atoms with van der Waals surface area (Å²) in [7, 11) is 3.34. The topological polar surface area (TPSA) is 6.48 Å². The molecule has 0 bridgehead atoms. The first-order chi connectivity index (χ1) is 9.50. The average Bonchev–Trinajstić information content (AvgIpc) is 2.66. The number of hydrogen-bond acceptors (Lipinski definition) is 2. The van der Waals surface area contributed by atoms with Crippen molar-refractivity contribution in [3.05, 3.63) is 34.9 Å². The van der Waals surface area contributed by atoms with E-state index in [1.54, 1.807) is 23.9 Å². The van der Waals surface area contributed by atoms with Crippen molar-refractivity contribution in [2.24, 2.45) is 0 Å². The van der Waals surface area contributed by atoms with Crippen LogP contribution in [0.15, 0.2) is 18.2 Å². The van der Waals surface area contributed by atoms with Crippen LogP contribution in [0.2, 0.25) is 0 Å². The molecule has 0 aliphatic carbocycles. The molecule has 1 fully saturated rings. The summed E-state index contributed by atoms with van der Waals surface area (Å²) in [5, 5.41) is 0. The van der Waals surface area contributed by atoms with E-state index in [1.807, 2.05) is 0 Å². The Morgan fingerprint density at radius 3 is 1.52 bits per heavy atom. The maximum Gasteiger partial charge on any atom is 0.416 e. The highest BCUT2D eigenvalue weighted by Gasteiger charge is 2.39. The molecule has 118 valence electrons. The number of halogens is 6. The number of nitrogens with zero attached hydrogens (tertiary/aromatic N) is 2. The van der Waals surface area contributed by atoms with Crippen LogP contribution in [0.1, 0.15) is 22.9 Å². The number of alkyl halides is 6. The SMILES string of the molecule is CN1CCN(C)C1c1cc(C(F)(F)F)cc(C(F)(F)F)c1. The van der Waals surface area contributed by atoms with Crippen molar-refractivity contribution in [1.82, 2.24) is 9.80 Å². The molecular formula is C13H14F6N2. The zero-order valence-corrected chi connectivity index (χ0v) is 11.4. The van der Waals surface area contributed by atoms with Gasteiger partial charge in [-0.25, -0.2) is 0 Å². The van der Waals surface area contributed by atoms with Crippen molar-refractivity contribution in [2.75, 3.05) is 27.2 Å². The van der Waals surface area contributed by atoms with Gasteiger partial charge in [0.2, 0.25) is 0 Å². The van der Waals surface area contributed by atoms with E-state index in [4.69, 9.17) is 0 Å². The van der Waals surface area contributed by atoms with Gasteiger partial charge in [-0.15, -0.1) is 0 Å². The van der Waals surface area contributed by atoms with Gasteiger partial charge in [-0.2, -0.15) is 26.3 Å². The molecule has 0 aromatic heterocycles. The quantitative estimate of drug-likeness (QED) is 0.731. The molecule has 2 nitrogen and oxygen atoms in total. The first-order valence-electron chi connectivity index (χ1n) is 6.20. The molecule has 0 unspecified atom stereocenters. The fourth-order valence-corrected chi connectivity index (χ4v) is 2.53. The summed E-state index contributed by atoms with van der Waals surface area (Å²) >= 11 is 0. The van der Waals surface area contributed by atoms with E-state index in [0.29, 0.717) is 13.1 Å². The number of benzene rings is 1. The van der Waals surface area contributed by atoms with Crippen LogP contribution >= 0.6 is 0 Å². The Morgan fingerprint density at radius 2 is 1.19 bits per heavy atom. The Labute approximate surface area is 117 Å². The first-order valence-corrected chi connectivity index (χ1v) is 6.20. The molecule has 21 heavy (non-hydrogen) atoms. The molecule has 0 atom stereocenters. The van der Waals surface area contributed by atoms with Gasteiger partial charge in [-0.05, 0) is 37.9 Å². The summed E-state index contributed by atoms with van der Waals surface area (Å²) in [6.07, 6.45) is -10.2. The lowest BCUT2D eigenvalue weighted by molar-refractivity contribution is -0.143. The van der Waals surface area contributed by atoms with Crippen LogP contribution in [0.25, 0.3) is 0 Å². The van der Waals surface area contributed by atoms with Crippen LogP contribution in [0.4, 0.5) is 26.3 Å². The minimum absolute atomic E-state index is 0.000324. The Bertz CT molecular complexity index is 480. The zero-order chi connectivity index (χ0) is 16.0. The smallest absolute Gasteiger partial charge is 0.286 e. The fraction of sp³-hybridized carbons (Fsp3) is 0.538. The molecule has 1 aliphatic rings. The molecule has 0 saturated carbocycles. The van der Waals surface area contributed by atoms with E-state index < -0.39 is 29.6 Å². The van der Waals surface area contributed by atoms with E-state index >= 15 is 0 Å². The second-order valence-corrected chi connectivity index (χ2v) is 5.17. The third kappa shape index (κ3) is 3.32. The zero-order valence-electron chi connectivity index (χ0n) is 11.4. The highest BCUT2D eigenvalue weighted by Crippen LogP contribution is 2.39. The Kier molecular flexibility index (Phi) is 3.96. The van der Waals surface area contributed by atoms with Crippen molar-refractivity contribution in [3.63, 3.8) is 0 Å². The third-order valence-electron chi connectivity index (χ3n) is 3.55. The first kappa shape index (κ1) is 16.1. The van der Waals surface area contributed by atoms with Gasteiger partial charge in [0.1, 0.15) is 0 Å². The molecule has 0 N–H and O–H groups in total. The largest absolute Gasteiger partial charge is 0.416 e. The lowest BCUT2D eigenvalue weighted by atomic mass is 10.0. The molecule has 2 rings (SSSR count). The predicted molar refractivity (Wildman–Crippen MR) is 64.4 cm³/mol. The van der Waals surface area contributed by atoms with Crippen LogP contribution < -0.4 is 0 Å². The second-order valence-electron chi connectivity index (χ2n) is 5.17. The van der Waals surface area contributed by atoms with Crippen molar-refractivity contribution >= 4 is 0 Å².